The highest BCUT2D eigenvalue weighted by molar-refractivity contribution is 7.79. The number of benzene rings is 2. The van der Waals surface area contributed by atoms with Crippen LogP contribution in [0.2, 0.25) is 5.02 Å². The number of carbonyl (C=O) groups excluding carboxylic acids is 5. The van der Waals surface area contributed by atoms with Crippen molar-refractivity contribution < 1.29 is 64.2 Å². The van der Waals surface area contributed by atoms with Gasteiger partial charge >= 0.3 is 12.1 Å². The Bertz CT molecular complexity index is 1680. The monoisotopic (exact) mass is 796 g/mol. The van der Waals surface area contributed by atoms with E-state index in [9.17, 15) is 54.7 Å². The molecule has 3 rings (SSSR count). The Morgan fingerprint density at radius 1 is 1.02 bits per heavy atom. The second-order valence-corrected chi connectivity index (χ2v) is 13.9. The second-order valence-electron chi connectivity index (χ2n) is 12.4. The Morgan fingerprint density at radius 3 is 2.19 bits per heavy atom. The summed E-state index contributed by atoms with van der Waals surface area (Å²) in [6, 6.07) is 6.53. The molecule has 1 aliphatic rings. The van der Waals surface area contributed by atoms with Gasteiger partial charge in [0.15, 0.2) is 11.1 Å². The summed E-state index contributed by atoms with van der Waals surface area (Å²) >= 11 is 3.39. The van der Waals surface area contributed by atoms with Crippen molar-refractivity contribution in [1.29, 1.82) is 0 Å². The minimum absolute atomic E-state index is 0.0636. The Balaban J connectivity index is 2.00. The van der Waals surface area contributed by atoms with Crippen LogP contribution >= 0.6 is 11.6 Å². The summed E-state index contributed by atoms with van der Waals surface area (Å²) in [4.78, 5) is 67.1. The summed E-state index contributed by atoms with van der Waals surface area (Å²) in [6.45, 7) is -0.515. The molecule has 1 fully saturated rings. The topological polar surface area (TPSA) is 180 Å². The first-order valence-electron chi connectivity index (χ1n) is 15.9. The third-order valence-electron chi connectivity index (χ3n) is 8.32. The third-order valence-corrected chi connectivity index (χ3v) is 9.65. The highest BCUT2D eigenvalue weighted by atomic mass is 35.5. The number of carbonyl (C=O) groups is 5. The molecule has 6 atom stereocenters. The Labute approximate surface area is 308 Å². The lowest BCUT2D eigenvalue weighted by molar-refractivity contribution is -0.165. The van der Waals surface area contributed by atoms with Crippen LogP contribution in [0.5, 0.6) is 5.75 Å². The van der Waals surface area contributed by atoms with Crippen LogP contribution in [0.3, 0.4) is 0 Å². The first-order valence-corrected chi connectivity index (χ1v) is 17.4. The van der Waals surface area contributed by atoms with E-state index in [1.54, 1.807) is 0 Å². The maximum Gasteiger partial charge on any atom is 0.405 e. The van der Waals surface area contributed by atoms with Gasteiger partial charge in [0.2, 0.25) is 17.6 Å². The number of nitrogens with one attached hydrogen (secondary N) is 3. The van der Waals surface area contributed by atoms with Crippen molar-refractivity contribution in [1.82, 2.24) is 20.9 Å². The molecule has 0 aliphatic carbocycles. The van der Waals surface area contributed by atoms with Crippen molar-refractivity contribution in [2.45, 2.75) is 55.7 Å². The van der Waals surface area contributed by atoms with Gasteiger partial charge < -0.3 is 34.9 Å². The minimum atomic E-state index is -5.06. The fourth-order valence-electron chi connectivity index (χ4n) is 5.72. The molecule has 1 heterocycles. The van der Waals surface area contributed by atoms with Crippen LogP contribution in [0.15, 0.2) is 48.5 Å². The molecule has 13 nitrogen and oxygen atoms in total. The van der Waals surface area contributed by atoms with E-state index in [4.69, 9.17) is 21.1 Å². The van der Waals surface area contributed by atoms with Crippen molar-refractivity contribution in [2.75, 3.05) is 33.9 Å². The van der Waals surface area contributed by atoms with Crippen molar-refractivity contribution in [3.8, 4) is 5.75 Å². The number of hydrogen-bond acceptors (Lipinski definition) is 8. The number of nitrogens with zero attached hydrogens (tertiary/aromatic N) is 1. The molecule has 2 unspecified atom stereocenters. The number of alkyl halides is 5. The van der Waals surface area contributed by atoms with Crippen molar-refractivity contribution in [3.63, 3.8) is 0 Å². The molecule has 1 aliphatic heterocycles. The van der Waals surface area contributed by atoms with Crippen LogP contribution in [-0.2, 0) is 35.0 Å². The zero-order chi connectivity index (χ0) is 39.8. The lowest BCUT2D eigenvalue weighted by Crippen LogP contribution is -2.60. The summed E-state index contributed by atoms with van der Waals surface area (Å²) in [5, 5.41) is 4.56. The molecule has 292 valence electrons. The summed E-state index contributed by atoms with van der Waals surface area (Å²) < 4.78 is 101. The van der Waals surface area contributed by atoms with Crippen LogP contribution in [0.4, 0.5) is 22.0 Å². The molecule has 0 bridgehead atoms. The number of likely N-dealkylation sites (tertiary alicyclic amines) is 1. The summed E-state index contributed by atoms with van der Waals surface area (Å²) in [7, 11) is 2.63. The SMILES string of the molecule is COC[C@H](NC(=O)c1cccc(Cl)c1)C(=O)N1C[C@H](C(c2ccc(OC)cc2)S(=O)O)C[C@H]1C(=O)N[C@H](C(=O)C(F)(F)C(=O)NCC(F)(F)F)C(C)C. The van der Waals surface area contributed by atoms with Crippen LogP contribution in [0.1, 0.15) is 41.4 Å². The van der Waals surface area contributed by atoms with E-state index < -0.39 is 101 Å². The van der Waals surface area contributed by atoms with E-state index in [1.165, 1.54) is 76.6 Å². The lowest BCUT2D eigenvalue weighted by Gasteiger charge is -2.31. The average molecular weight is 797 g/mol. The van der Waals surface area contributed by atoms with Crippen molar-refractivity contribution >= 4 is 52.1 Å². The Kier molecular flexibility index (Phi) is 14.9. The van der Waals surface area contributed by atoms with Gasteiger partial charge in [-0.25, -0.2) is 4.21 Å². The van der Waals surface area contributed by atoms with Gasteiger partial charge in [-0.15, -0.1) is 0 Å². The fraction of sp³-hybridized carbons (Fsp3) is 0.485. The van der Waals surface area contributed by atoms with Crippen LogP contribution in [0, 0.1) is 11.8 Å². The second kappa shape index (κ2) is 18.2. The molecule has 53 heavy (non-hydrogen) atoms. The molecule has 0 spiro atoms. The van der Waals surface area contributed by atoms with Gasteiger partial charge in [0.05, 0.1) is 25.0 Å². The van der Waals surface area contributed by atoms with E-state index in [-0.39, 0.29) is 23.6 Å². The first-order chi connectivity index (χ1) is 24.7. The molecule has 4 N–H and O–H groups in total. The summed E-state index contributed by atoms with van der Waals surface area (Å²) in [5.74, 6) is -14.3. The summed E-state index contributed by atoms with van der Waals surface area (Å²) in [6.07, 6.45) is -5.42. The molecule has 2 aromatic rings. The van der Waals surface area contributed by atoms with E-state index in [0.717, 1.165) is 10.2 Å². The van der Waals surface area contributed by atoms with Gasteiger partial charge in [-0.3, -0.25) is 24.0 Å². The highest BCUT2D eigenvalue weighted by Gasteiger charge is 2.53. The highest BCUT2D eigenvalue weighted by Crippen LogP contribution is 2.38. The predicted octanol–water partition coefficient (Wildman–Crippen LogP) is 3.30. The average Bonchev–Trinajstić information content (AvgIpc) is 3.53. The number of methoxy groups -OCH3 is 2. The number of Topliss-reactive ketones (excluding diaryl/α,β-unsaturated/α-hetero) is 1. The number of ether oxygens (including phenoxy) is 2. The normalized spacial score (nSPS) is 18.5. The standard InChI is InChI=1S/C33H38ClF5N4O9S/c1-17(2)25(27(44)33(38,39)31(48)40-16-32(35,36)37)42-29(46)24-13-20(26(53(49)50)18-8-10-22(52-4)11-9-18)14-43(24)30(47)23(15-51-3)41-28(45)19-6-5-7-21(34)12-19/h5-12,17,20,23-26H,13-16H2,1-4H3,(H,40,48)(H,41,45)(H,42,46)(H,49,50)/t20-,23+,24+,25+,26?/m1/s1. The van der Waals surface area contributed by atoms with Crippen molar-refractivity contribution in [2.24, 2.45) is 11.8 Å². The molecule has 0 radical (unpaired) electrons. The van der Waals surface area contributed by atoms with Gasteiger partial charge in [0, 0.05) is 24.2 Å². The van der Waals surface area contributed by atoms with E-state index in [0.29, 0.717) is 11.3 Å². The molecule has 2 aromatic carbocycles. The fourth-order valence-corrected chi connectivity index (χ4v) is 6.83. The van der Waals surface area contributed by atoms with E-state index in [1.807, 2.05) is 0 Å². The largest absolute Gasteiger partial charge is 0.497 e. The smallest absolute Gasteiger partial charge is 0.405 e. The maximum atomic E-state index is 14.9. The van der Waals surface area contributed by atoms with E-state index >= 15 is 0 Å². The predicted molar refractivity (Wildman–Crippen MR) is 180 cm³/mol. The summed E-state index contributed by atoms with van der Waals surface area (Å²) in [5.41, 5.74) is 0.376. The van der Waals surface area contributed by atoms with Gasteiger partial charge in [-0.2, -0.15) is 22.0 Å². The van der Waals surface area contributed by atoms with Crippen LogP contribution < -0.4 is 20.7 Å². The molecule has 4 amide bonds. The first kappa shape index (κ1) is 43.2. The minimum Gasteiger partial charge on any atom is -0.497 e. The number of amides is 4. The van der Waals surface area contributed by atoms with Gasteiger partial charge in [-0.05, 0) is 54.2 Å². The lowest BCUT2D eigenvalue weighted by atomic mass is 9.93. The van der Waals surface area contributed by atoms with Crippen LogP contribution in [0.25, 0.3) is 0 Å². The molecule has 0 aromatic heterocycles. The quantitative estimate of drug-likeness (QED) is 0.113. The number of halogens is 6. The van der Waals surface area contributed by atoms with E-state index in [2.05, 4.69) is 10.6 Å². The molecule has 1 saturated heterocycles. The van der Waals surface area contributed by atoms with Crippen molar-refractivity contribution in [3.05, 3.63) is 64.7 Å². The zero-order valence-electron chi connectivity index (χ0n) is 28.7. The number of ketones is 1. The number of hydrogen-bond donors (Lipinski definition) is 4. The molecule has 0 saturated carbocycles. The maximum absolute atomic E-state index is 14.9. The van der Waals surface area contributed by atoms with Gasteiger partial charge in [-0.1, -0.05) is 43.6 Å². The van der Waals surface area contributed by atoms with Gasteiger partial charge in [0.25, 0.3) is 11.8 Å². The van der Waals surface area contributed by atoms with Gasteiger partial charge in [0.1, 0.15) is 24.4 Å². The zero-order valence-corrected chi connectivity index (χ0v) is 30.3. The molecular weight excluding hydrogens is 759 g/mol. The molecular formula is C33H38ClF5N4O9S. The Morgan fingerprint density at radius 2 is 1.66 bits per heavy atom. The van der Waals surface area contributed by atoms with Crippen LogP contribution in [-0.4, -0.2) is 107 Å². The third kappa shape index (κ3) is 11.2. The Hall–Kier alpha value is -4.20. The number of rotatable bonds is 16. The molecule has 20 heteroatoms.